The molecule has 0 radical (unpaired) electrons. The first-order valence-electron chi connectivity index (χ1n) is 7.06. The fourth-order valence-corrected chi connectivity index (χ4v) is 2.87. The van der Waals surface area contributed by atoms with Crippen molar-refractivity contribution in [1.29, 1.82) is 0 Å². The molecule has 0 saturated heterocycles. The number of hydrogen-bond acceptors (Lipinski definition) is 3. The predicted octanol–water partition coefficient (Wildman–Crippen LogP) is 1.10. The van der Waals surface area contributed by atoms with Crippen molar-refractivity contribution < 1.29 is 0 Å². The second-order valence-corrected chi connectivity index (χ2v) is 5.75. The number of nitrogens with zero attached hydrogens (tertiary/aromatic N) is 4. The average Bonchev–Trinajstić information content (AvgIpc) is 2.85. The van der Waals surface area contributed by atoms with Crippen molar-refractivity contribution in [1.82, 2.24) is 18.7 Å². The van der Waals surface area contributed by atoms with E-state index in [1.54, 1.807) is 17.9 Å². The van der Waals surface area contributed by atoms with Crippen LogP contribution in [-0.4, -0.2) is 18.7 Å². The second kappa shape index (κ2) is 4.98. The van der Waals surface area contributed by atoms with Gasteiger partial charge >= 0.3 is 5.69 Å². The lowest BCUT2D eigenvalue weighted by Crippen LogP contribution is -2.37. The first-order valence-corrected chi connectivity index (χ1v) is 7.06. The van der Waals surface area contributed by atoms with E-state index < -0.39 is 0 Å². The topological polar surface area (TPSA) is 61.8 Å². The summed E-state index contributed by atoms with van der Waals surface area (Å²) in [5.41, 5.74) is 3.64. The highest BCUT2D eigenvalue weighted by molar-refractivity contribution is 5.70. The third-order valence-corrected chi connectivity index (χ3v) is 3.85. The Morgan fingerprint density at radius 2 is 1.64 bits per heavy atom. The summed E-state index contributed by atoms with van der Waals surface area (Å²) in [4.78, 5) is 28.6. The van der Waals surface area contributed by atoms with E-state index in [0.717, 1.165) is 10.1 Å². The smallest absolute Gasteiger partial charge is 0.320 e. The number of aryl methyl sites for hydroxylation is 3. The van der Waals surface area contributed by atoms with Crippen LogP contribution in [0.3, 0.4) is 0 Å². The molecule has 114 valence electrons. The lowest BCUT2D eigenvalue weighted by Gasteiger charge is -2.08. The van der Waals surface area contributed by atoms with Crippen LogP contribution in [0.4, 0.5) is 0 Å². The van der Waals surface area contributed by atoms with Crippen LogP contribution in [0.2, 0.25) is 0 Å². The van der Waals surface area contributed by atoms with Gasteiger partial charge in [0.2, 0.25) is 0 Å². The average molecular weight is 298 g/mol. The quantitative estimate of drug-likeness (QED) is 0.712. The molecular formula is C16H18N4O2. The first-order chi connectivity index (χ1) is 10.4. The maximum absolute atomic E-state index is 12.4. The Morgan fingerprint density at radius 1 is 1.00 bits per heavy atom. The summed E-state index contributed by atoms with van der Waals surface area (Å²) in [5, 5.41) is 0. The molecule has 0 bridgehead atoms. The highest BCUT2D eigenvalue weighted by Crippen LogP contribution is 2.13. The van der Waals surface area contributed by atoms with Crippen molar-refractivity contribution in [3.63, 3.8) is 0 Å². The predicted molar refractivity (Wildman–Crippen MR) is 85.2 cm³/mol. The molecule has 0 aliphatic rings. The molecule has 0 saturated carbocycles. The van der Waals surface area contributed by atoms with E-state index in [1.165, 1.54) is 22.7 Å². The highest BCUT2D eigenvalue weighted by Gasteiger charge is 2.14. The van der Waals surface area contributed by atoms with Crippen LogP contribution in [0.15, 0.2) is 34.1 Å². The molecule has 0 fully saturated rings. The Bertz CT molecular complexity index is 972. The van der Waals surface area contributed by atoms with Crippen molar-refractivity contribution in [2.45, 2.75) is 20.4 Å². The van der Waals surface area contributed by atoms with Crippen molar-refractivity contribution in [3.8, 4) is 0 Å². The Hall–Kier alpha value is -2.63. The number of fused-ring (bicyclic) bond motifs is 1. The molecule has 0 spiro atoms. The molecule has 0 unspecified atom stereocenters. The van der Waals surface area contributed by atoms with Gasteiger partial charge in [0.05, 0.1) is 6.33 Å². The summed E-state index contributed by atoms with van der Waals surface area (Å²) in [5.74, 6) is 0. The van der Waals surface area contributed by atoms with Crippen LogP contribution in [0, 0.1) is 13.8 Å². The molecule has 0 aliphatic heterocycles. The lowest BCUT2D eigenvalue weighted by molar-refractivity contribution is 0.702. The molecule has 3 rings (SSSR count). The molecule has 6 nitrogen and oxygen atoms in total. The maximum atomic E-state index is 12.4. The SMILES string of the molecule is Cc1cc(C)cc(Cn2cnc3c2c(=O)n(C)c(=O)n3C)c1. The van der Waals surface area contributed by atoms with Crippen molar-refractivity contribution in [2.24, 2.45) is 14.1 Å². The zero-order valence-corrected chi connectivity index (χ0v) is 13.1. The van der Waals surface area contributed by atoms with E-state index >= 15 is 0 Å². The largest absolute Gasteiger partial charge is 0.332 e. The van der Waals surface area contributed by atoms with Crippen LogP contribution >= 0.6 is 0 Å². The molecule has 22 heavy (non-hydrogen) atoms. The summed E-state index contributed by atoms with van der Waals surface area (Å²) in [7, 11) is 3.11. The van der Waals surface area contributed by atoms with Gasteiger partial charge in [-0.15, -0.1) is 0 Å². The fourth-order valence-electron chi connectivity index (χ4n) is 2.87. The molecule has 0 atom stereocenters. The number of hydrogen-bond donors (Lipinski definition) is 0. The Kier molecular flexibility index (Phi) is 3.24. The fraction of sp³-hybridized carbons (Fsp3) is 0.312. The highest BCUT2D eigenvalue weighted by atomic mass is 16.2. The van der Waals surface area contributed by atoms with Gasteiger partial charge < -0.3 is 4.57 Å². The number of aromatic nitrogens is 4. The van der Waals surface area contributed by atoms with Gasteiger partial charge in [-0.25, -0.2) is 9.78 Å². The van der Waals surface area contributed by atoms with Crippen LogP contribution in [0.5, 0.6) is 0 Å². The van der Waals surface area contributed by atoms with Crippen LogP contribution in [0.1, 0.15) is 16.7 Å². The minimum atomic E-state index is -0.367. The minimum absolute atomic E-state index is 0.319. The standard InChI is InChI=1S/C16H18N4O2/c1-10-5-11(2)7-12(6-10)8-20-9-17-14-13(20)15(21)19(4)16(22)18(14)3/h5-7,9H,8H2,1-4H3. The Balaban J connectivity index is 2.21. The minimum Gasteiger partial charge on any atom is -0.320 e. The number of rotatable bonds is 2. The summed E-state index contributed by atoms with van der Waals surface area (Å²) >= 11 is 0. The molecule has 6 heteroatoms. The molecule has 1 aromatic carbocycles. The van der Waals surface area contributed by atoms with E-state index in [2.05, 4.69) is 23.2 Å². The summed E-state index contributed by atoms with van der Waals surface area (Å²) in [6.45, 7) is 4.64. The van der Waals surface area contributed by atoms with Gasteiger partial charge in [-0.3, -0.25) is 13.9 Å². The van der Waals surface area contributed by atoms with Gasteiger partial charge in [0.1, 0.15) is 0 Å². The molecule has 0 aliphatic carbocycles. The molecule has 0 N–H and O–H groups in total. The van der Waals surface area contributed by atoms with Crippen LogP contribution < -0.4 is 11.2 Å². The van der Waals surface area contributed by atoms with E-state index in [0.29, 0.717) is 17.7 Å². The first kappa shape index (κ1) is 14.3. The monoisotopic (exact) mass is 298 g/mol. The van der Waals surface area contributed by atoms with Gasteiger partial charge in [-0.05, 0) is 19.4 Å². The zero-order valence-electron chi connectivity index (χ0n) is 13.1. The third kappa shape index (κ3) is 2.16. The van der Waals surface area contributed by atoms with Crippen molar-refractivity contribution >= 4 is 11.2 Å². The zero-order chi connectivity index (χ0) is 16.0. The number of imidazole rings is 1. The van der Waals surface area contributed by atoms with Gasteiger partial charge in [0.25, 0.3) is 5.56 Å². The summed E-state index contributed by atoms with van der Waals surface area (Å²) < 4.78 is 4.31. The van der Waals surface area contributed by atoms with Crippen LogP contribution in [-0.2, 0) is 20.6 Å². The van der Waals surface area contributed by atoms with Crippen molar-refractivity contribution in [3.05, 3.63) is 62.1 Å². The second-order valence-electron chi connectivity index (χ2n) is 5.75. The maximum Gasteiger partial charge on any atom is 0.332 e. The van der Waals surface area contributed by atoms with Gasteiger partial charge in [0.15, 0.2) is 11.2 Å². The molecule has 0 amide bonds. The number of benzene rings is 1. The normalized spacial score (nSPS) is 11.3. The summed E-state index contributed by atoms with van der Waals surface area (Å²) in [6.07, 6.45) is 1.61. The summed E-state index contributed by atoms with van der Waals surface area (Å²) in [6, 6.07) is 6.29. The van der Waals surface area contributed by atoms with E-state index in [-0.39, 0.29) is 11.2 Å². The van der Waals surface area contributed by atoms with E-state index in [9.17, 15) is 9.59 Å². The lowest BCUT2D eigenvalue weighted by atomic mass is 10.1. The van der Waals surface area contributed by atoms with Gasteiger partial charge in [-0.1, -0.05) is 29.3 Å². The van der Waals surface area contributed by atoms with E-state index in [1.807, 2.05) is 13.8 Å². The van der Waals surface area contributed by atoms with Gasteiger partial charge in [-0.2, -0.15) is 0 Å². The third-order valence-electron chi connectivity index (χ3n) is 3.85. The Labute approximate surface area is 127 Å². The van der Waals surface area contributed by atoms with Crippen LogP contribution in [0.25, 0.3) is 11.2 Å². The molecule has 2 aromatic heterocycles. The Morgan fingerprint density at radius 3 is 2.27 bits per heavy atom. The molecule has 3 aromatic rings. The van der Waals surface area contributed by atoms with Crippen molar-refractivity contribution in [2.75, 3.05) is 0 Å². The molecule has 2 heterocycles. The van der Waals surface area contributed by atoms with E-state index in [4.69, 9.17) is 0 Å². The molecular weight excluding hydrogens is 280 g/mol. The van der Waals surface area contributed by atoms with Gasteiger partial charge in [0, 0.05) is 20.6 Å².